The lowest BCUT2D eigenvalue weighted by Crippen LogP contribution is -2.22. The van der Waals surface area contributed by atoms with Gasteiger partial charge >= 0.3 is 0 Å². The summed E-state index contributed by atoms with van der Waals surface area (Å²) >= 11 is 2.15. The maximum Gasteiger partial charge on any atom is 0.165 e. The molecule has 0 spiro atoms. The van der Waals surface area contributed by atoms with E-state index in [0.29, 0.717) is 17.9 Å². The first-order valence-electron chi connectivity index (χ1n) is 6.84. The van der Waals surface area contributed by atoms with Crippen LogP contribution in [0.25, 0.3) is 22.3 Å². The second-order valence-corrected chi connectivity index (χ2v) is 6.43. The van der Waals surface area contributed by atoms with Crippen LogP contribution < -0.4 is 11.1 Å². The fourth-order valence-corrected chi connectivity index (χ4v) is 2.41. The molecule has 6 heteroatoms. The Morgan fingerprint density at radius 1 is 1.09 bits per heavy atom. The number of anilines is 1. The highest BCUT2D eigenvalue weighted by molar-refractivity contribution is 14.1. The maximum absolute atomic E-state index is 10.0. The van der Waals surface area contributed by atoms with Gasteiger partial charge in [0, 0.05) is 11.9 Å². The molecule has 3 rings (SSSR count). The number of nitrogens with zero attached hydrogens (tertiary/aromatic N) is 2. The van der Waals surface area contributed by atoms with E-state index in [1.165, 1.54) is 0 Å². The number of para-hydroxylation sites is 2. The van der Waals surface area contributed by atoms with Crippen molar-refractivity contribution in [3.8, 4) is 17.1 Å². The van der Waals surface area contributed by atoms with Gasteiger partial charge < -0.3 is 16.2 Å². The van der Waals surface area contributed by atoms with Gasteiger partial charge in [-0.05, 0) is 24.3 Å². The number of aromatic hydroxyl groups is 1. The molecule has 0 amide bonds. The molecular formula is C16H15IN4O. The average Bonchev–Trinajstić information content (AvgIpc) is 2.52. The van der Waals surface area contributed by atoms with Crippen molar-refractivity contribution in [2.24, 2.45) is 5.73 Å². The summed E-state index contributed by atoms with van der Waals surface area (Å²) in [4.78, 5) is 9.11. The Kier molecular flexibility index (Phi) is 4.39. The molecule has 1 aromatic heterocycles. The van der Waals surface area contributed by atoms with Crippen LogP contribution in [0.4, 0.5) is 5.82 Å². The van der Waals surface area contributed by atoms with Crippen LogP contribution in [-0.4, -0.2) is 25.7 Å². The molecule has 4 N–H and O–H groups in total. The number of hydrogen-bond acceptors (Lipinski definition) is 5. The molecule has 0 radical (unpaired) electrons. The van der Waals surface area contributed by atoms with Crippen molar-refractivity contribution in [1.82, 2.24) is 9.97 Å². The third-order valence-electron chi connectivity index (χ3n) is 3.21. The zero-order valence-corrected chi connectivity index (χ0v) is 13.9. The molecule has 0 fully saturated rings. The molecule has 5 nitrogen and oxygen atoms in total. The largest absolute Gasteiger partial charge is 0.507 e. The van der Waals surface area contributed by atoms with Crippen LogP contribution in [0.15, 0.2) is 48.5 Å². The van der Waals surface area contributed by atoms with Gasteiger partial charge in [0.2, 0.25) is 0 Å². The summed E-state index contributed by atoms with van der Waals surface area (Å²) in [6.07, 6.45) is 0. The third-order valence-corrected chi connectivity index (χ3v) is 3.65. The van der Waals surface area contributed by atoms with E-state index in [9.17, 15) is 5.11 Å². The van der Waals surface area contributed by atoms with E-state index < -0.39 is 0 Å². The van der Waals surface area contributed by atoms with Gasteiger partial charge in [-0.3, -0.25) is 0 Å². The highest BCUT2D eigenvalue weighted by atomic mass is 127. The average molecular weight is 406 g/mol. The number of fused-ring (bicyclic) bond motifs is 1. The Balaban J connectivity index is 2.14. The van der Waals surface area contributed by atoms with Gasteiger partial charge in [0.15, 0.2) is 5.82 Å². The number of phenols is 1. The predicted octanol–water partition coefficient (Wildman–Crippen LogP) is 3.13. The van der Waals surface area contributed by atoms with Crippen LogP contribution in [0.1, 0.15) is 0 Å². The van der Waals surface area contributed by atoms with Gasteiger partial charge in [0.25, 0.3) is 0 Å². The molecule has 22 heavy (non-hydrogen) atoms. The first-order valence-corrected chi connectivity index (χ1v) is 8.08. The molecule has 0 unspecified atom stereocenters. The summed E-state index contributed by atoms with van der Waals surface area (Å²) in [7, 11) is 0. The van der Waals surface area contributed by atoms with Crippen LogP contribution in [0, 0.1) is 0 Å². The Morgan fingerprint density at radius 3 is 2.59 bits per heavy atom. The van der Waals surface area contributed by atoms with Gasteiger partial charge in [0.05, 0.1) is 15.1 Å². The minimum Gasteiger partial charge on any atom is -0.507 e. The Hall–Kier alpha value is -1.93. The van der Waals surface area contributed by atoms with Gasteiger partial charge in [-0.15, -0.1) is 0 Å². The molecule has 1 heterocycles. The fourth-order valence-electron chi connectivity index (χ4n) is 2.19. The second kappa shape index (κ2) is 6.45. The molecule has 2 aromatic carbocycles. The molecular weight excluding hydrogens is 391 g/mol. The summed E-state index contributed by atoms with van der Waals surface area (Å²) in [5.41, 5.74) is 7.22. The second-order valence-electron chi connectivity index (χ2n) is 4.83. The normalized spacial score (nSPS) is 12.3. The monoisotopic (exact) mass is 406 g/mol. The molecule has 0 aliphatic rings. The van der Waals surface area contributed by atoms with Gasteiger partial charge in [-0.25, -0.2) is 9.97 Å². The van der Waals surface area contributed by atoms with Gasteiger partial charge in [0.1, 0.15) is 11.6 Å². The van der Waals surface area contributed by atoms with Crippen LogP contribution >= 0.6 is 22.6 Å². The van der Waals surface area contributed by atoms with Crippen molar-refractivity contribution < 1.29 is 5.11 Å². The number of aromatic nitrogens is 2. The van der Waals surface area contributed by atoms with E-state index in [1.807, 2.05) is 30.3 Å². The SMILES string of the molecule is N[C@@H](I)CNc1nc(-c2ccccc2O)nc2ccccc12. The Morgan fingerprint density at radius 2 is 1.82 bits per heavy atom. The summed E-state index contributed by atoms with van der Waals surface area (Å²) in [6, 6.07) is 14.8. The number of alkyl halides is 1. The summed E-state index contributed by atoms with van der Waals surface area (Å²) in [6.45, 7) is 0.599. The van der Waals surface area contributed by atoms with Crippen molar-refractivity contribution in [2.45, 2.75) is 4.05 Å². The van der Waals surface area contributed by atoms with Crippen LogP contribution in [0.3, 0.4) is 0 Å². The van der Waals surface area contributed by atoms with Gasteiger partial charge in [-0.2, -0.15) is 0 Å². The van der Waals surface area contributed by atoms with E-state index in [2.05, 4.69) is 37.9 Å². The van der Waals surface area contributed by atoms with Crippen molar-refractivity contribution in [3.63, 3.8) is 0 Å². The molecule has 0 saturated carbocycles. The first kappa shape index (κ1) is 15.0. The highest BCUT2D eigenvalue weighted by Crippen LogP contribution is 2.29. The van der Waals surface area contributed by atoms with Crippen LogP contribution in [-0.2, 0) is 0 Å². The smallest absolute Gasteiger partial charge is 0.165 e. The number of benzene rings is 2. The van der Waals surface area contributed by atoms with E-state index in [4.69, 9.17) is 5.73 Å². The van der Waals surface area contributed by atoms with Crippen molar-refractivity contribution in [2.75, 3.05) is 11.9 Å². The van der Waals surface area contributed by atoms with Crippen molar-refractivity contribution in [3.05, 3.63) is 48.5 Å². The number of hydrogen-bond donors (Lipinski definition) is 3. The Labute approximate surface area is 141 Å². The van der Waals surface area contributed by atoms with E-state index in [-0.39, 0.29) is 9.80 Å². The third kappa shape index (κ3) is 3.12. The first-order chi connectivity index (χ1) is 10.6. The number of nitrogens with one attached hydrogen (secondary N) is 1. The summed E-state index contributed by atoms with van der Waals surface area (Å²) < 4.78 is -0.0140. The quantitative estimate of drug-likeness (QED) is 0.352. The van der Waals surface area contributed by atoms with Crippen molar-refractivity contribution >= 4 is 39.3 Å². The summed E-state index contributed by atoms with van der Waals surface area (Å²) in [5, 5.41) is 14.2. The zero-order valence-electron chi connectivity index (χ0n) is 11.7. The lowest BCUT2D eigenvalue weighted by molar-refractivity contribution is 0.477. The minimum absolute atomic E-state index is 0.0140. The fraction of sp³-hybridized carbons (Fsp3) is 0.125. The number of phenolic OH excluding ortho intramolecular Hbond substituents is 1. The van der Waals surface area contributed by atoms with Gasteiger partial charge in [-0.1, -0.05) is 46.9 Å². The summed E-state index contributed by atoms with van der Waals surface area (Å²) in [5.74, 6) is 1.37. The lowest BCUT2D eigenvalue weighted by atomic mass is 10.1. The topological polar surface area (TPSA) is 84.1 Å². The molecule has 0 aliphatic heterocycles. The maximum atomic E-state index is 10.0. The molecule has 0 saturated heterocycles. The van der Waals surface area contributed by atoms with Crippen molar-refractivity contribution in [1.29, 1.82) is 0 Å². The molecule has 3 aromatic rings. The molecule has 0 bridgehead atoms. The number of halogens is 1. The van der Waals surface area contributed by atoms with Crippen LogP contribution in [0.2, 0.25) is 0 Å². The lowest BCUT2D eigenvalue weighted by Gasteiger charge is -2.12. The highest BCUT2D eigenvalue weighted by Gasteiger charge is 2.12. The number of rotatable bonds is 4. The predicted molar refractivity (Wildman–Crippen MR) is 97.1 cm³/mol. The molecule has 0 aliphatic carbocycles. The van der Waals surface area contributed by atoms with Crippen LogP contribution in [0.5, 0.6) is 5.75 Å². The number of nitrogens with two attached hydrogens (primary N) is 1. The van der Waals surface area contributed by atoms with E-state index in [1.54, 1.807) is 18.2 Å². The van der Waals surface area contributed by atoms with E-state index in [0.717, 1.165) is 16.7 Å². The zero-order chi connectivity index (χ0) is 15.5. The standard InChI is InChI=1S/C16H15IN4O/c17-14(18)9-19-15-10-5-1-3-7-12(10)20-16(21-15)11-6-2-4-8-13(11)22/h1-8,14,22H,9,18H2,(H,19,20,21)/t14-/m1/s1. The Bertz CT molecular complexity index is 807. The van der Waals surface area contributed by atoms with E-state index >= 15 is 0 Å². The molecule has 1 atom stereocenters. The minimum atomic E-state index is -0.0140. The molecule has 112 valence electrons.